The Bertz CT molecular complexity index is 913. The minimum atomic E-state index is -0.696. The van der Waals surface area contributed by atoms with E-state index in [4.69, 9.17) is 16.3 Å². The number of carbonyl (C=O) groups excluding carboxylic acids is 2. The van der Waals surface area contributed by atoms with Crippen molar-refractivity contribution in [2.75, 3.05) is 13.2 Å². The van der Waals surface area contributed by atoms with Crippen molar-refractivity contribution in [3.63, 3.8) is 0 Å². The lowest BCUT2D eigenvalue weighted by Crippen LogP contribution is -2.33. The third-order valence-corrected chi connectivity index (χ3v) is 5.65. The van der Waals surface area contributed by atoms with Gasteiger partial charge < -0.3 is 9.64 Å². The standard InChI is InChI=1S/C19H17ClN2O5S/c20-14-7-5-13(11-16(14)22(25)26)6-8-19(24)27-12-18(23)21-9-1-3-15(21)17-4-2-10-28-17/h2,4-8,10-11,15H,1,3,9,12H2/b8-6+. The number of rotatable bonds is 6. The number of nitrogens with zero attached hydrogens (tertiary/aromatic N) is 2. The summed E-state index contributed by atoms with van der Waals surface area (Å²) in [5.41, 5.74) is 0.178. The molecule has 1 fully saturated rings. The van der Waals surface area contributed by atoms with E-state index >= 15 is 0 Å². The van der Waals surface area contributed by atoms with Gasteiger partial charge >= 0.3 is 5.97 Å². The van der Waals surface area contributed by atoms with Gasteiger partial charge in [0.25, 0.3) is 11.6 Å². The second-order valence-corrected chi connectivity index (χ2v) is 7.56. The number of halogens is 1. The van der Waals surface area contributed by atoms with Crippen LogP contribution in [0, 0.1) is 10.1 Å². The lowest BCUT2D eigenvalue weighted by atomic mass is 10.2. The molecule has 2 aromatic rings. The molecule has 28 heavy (non-hydrogen) atoms. The predicted octanol–water partition coefficient (Wildman–Crippen LogP) is 4.23. The van der Waals surface area contributed by atoms with Gasteiger partial charge in [-0.15, -0.1) is 11.3 Å². The summed E-state index contributed by atoms with van der Waals surface area (Å²) in [4.78, 5) is 37.5. The van der Waals surface area contributed by atoms with Crippen LogP contribution >= 0.6 is 22.9 Å². The van der Waals surface area contributed by atoms with E-state index < -0.39 is 10.9 Å². The number of esters is 1. The number of thiophene rings is 1. The third-order valence-electron chi connectivity index (χ3n) is 4.36. The van der Waals surface area contributed by atoms with Gasteiger partial charge in [-0.2, -0.15) is 0 Å². The number of hydrogen-bond donors (Lipinski definition) is 0. The van der Waals surface area contributed by atoms with E-state index in [-0.39, 0.29) is 29.3 Å². The molecule has 1 atom stereocenters. The van der Waals surface area contributed by atoms with Crippen molar-refractivity contribution >= 4 is 46.6 Å². The molecule has 1 amide bonds. The van der Waals surface area contributed by atoms with E-state index in [1.807, 2.05) is 17.5 Å². The van der Waals surface area contributed by atoms with Gasteiger partial charge in [-0.25, -0.2) is 4.79 Å². The summed E-state index contributed by atoms with van der Waals surface area (Å²) in [6.45, 7) is 0.301. The Balaban J connectivity index is 1.55. The van der Waals surface area contributed by atoms with Crippen LogP contribution in [0.1, 0.15) is 29.3 Å². The summed E-state index contributed by atoms with van der Waals surface area (Å²) in [5.74, 6) is -0.933. The predicted molar refractivity (Wildman–Crippen MR) is 106 cm³/mol. The first-order valence-electron chi connectivity index (χ1n) is 8.57. The van der Waals surface area contributed by atoms with Crippen molar-refractivity contribution in [1.82, 2.24) is 4.90 Å². The largest absolute Gasteiger partial charge is 0.452 e. The molecule has 2 heterocycles. The topological polar surface area (TPSA) is 89.7 Å². The lowest BCUT2D eigenvalue weighted by molar-refractivity contribution is -0.384. The van der Waals surface area contributed by atoms with Crippen molar-refractivity contribution in [3.05, 3.63) is 67.4 Å². The van der Waals surface area contributed by atoms with Gasteiger partial charge in [0.15, 0.2) is 6.61 Å². The monoisotopic (exact) mass is 420 g/mol. The Hall–Kier alpha value is -2.71. The van der Waals surface area contributed by atoms with Crippen LogP contribution in [-0.4, -0.2) is 34.9 Å². The summed E-state index contributed by atoms with van der Waals surface area (Å²) in [6, 6.07) is 8.17. The van der Waals surface area contributed by atoms with E-state index in [2.05, 4.69) is 0 Å². The van der Waals surface area contributed by atoms with Crippen molar-refractivity contribution in [2.45, 2.75) is 18.9 Å². The van der Waals surface area contributed by atoms with Crippen molar-refractivity contribution in [3.8, 4) is 0 Å². The van der Waals surface area contributed by atoms with Gasteiger partial charge in [-0.3, -0.25) is 14.9 Å². The molecule has 3 rings (SSSR count). The van der Waals surface area contributed by atoms with E-state index in [0.717, 1.165) is 23.8 Å². The number of benzene rings is 1. The Morgan fingerprint density at radius 1 is 1.39 bits per heavy atom. The summed E-state index contributed by atoms with van der Waals surface area (Å²) in [5, 5.41) is 12.9. The molecule has 1 aromatic heterocycles. The summed E-state index contributed by atoms with van der Waals surface area (Å²) in [6.07, 6.45) is 4.31. The van der Waals surface area contributed by atoms with Gasteiger partial charge in [0, 0.05) is 23.6 Å². The maximum atomic E-state index is 12.4. The van der Waals surface area contributed by atoms with Crippen LogP contribution in [0.5, 0.6) is 0 Å². The summed E-state index contributed by atoms with van der Waals surface area (Å²) < 4.78 is 5.03. The van der Waals surface area contributed by atoms with Crippen molar-refractivity contribution in [1.29, 1.82) is 0 Å². The van der Waals surface area contributed by atoms with Crippen LogP contribution in [0.25, 0.3) is 6.08 Å². The molecule has 1 aliphatic heterocycles. The third kappa shape index (κ3) is 4.76. The van der Waals surface area contributed by atoms with Crippen LogP contribution in [0.15, 0.2) is 41.8 Å². The minimum absolute atomic E-state index is 0.0150. The van der Waals surface area contributed by atoms with Gasteiger partial charge in [-0.1, -0.05) is 23.7 Å². The smallest absolute Gasteiger partial charge is 0.331 e. The molecular weight excluding hydrogens is 404 g/mol. The Morgan fingerprint density at radius 2 is 2.21 bits per heavy atom. The molecule has 0 saturated carbocycles. The van der Waals surface area contributed by atoms with Crippen LogP contribution in [-0.2, 0) is 14.3 Å². The number of ether oxygens (including phenoxy) is 1. The highest BCUT2D eigenvalue weighted by atomic mass is 35.5. The van der Waals surface area contributed by atoms with Crippen LogP contribution < -0.4 is 0 Å². The van der Waals surface area contributed by atoms with Gasteiger partial charge in [0.1, 0.15) is 5.02 Å². The average Bonchev–Trinajstić information content (AvgIpc) is 3.36. The molecule has 0 N–H and O–H groups in total. The quantitative estimate of drug-likeness (QED) is 0.302. The van der Waals surface area contributed by atoms with Crippen LogP contribution in [0.4, 0.5) is 5.69 Å². The molecule has 0 radical (unpaired) electrons. The Labute approximate surface area is 170 Å². The summed E-state index contributed by atoms with van der Waals surface area (Å²) >= 11 is 7.36. The van der Waals surface area contributed by atoms with E-state index in [1.165, 1.54) is 18.2 Å². The maximum absolute atomic E-state index is 12.4. The molecule has 9 heteroatoms. The lowest BCUT2D eigenvalue weighted by Gasteiger charge is -2.23. The Morgan fingerprint density at radius 3 is 2.93 bits per heavy atom. The summed E-state index contributed by atoms with van der Waals surface area (Å²) in [7, 11) is 0. The molecule has 146 valence electrons. The van der Waals surface area contributed by atoms with Crippen LogP contribution in [0.3, 0.4) is 0 Å². The van der Waals surface area contributed by atoms with Crippen molar-refractivity contribution < 1.29 is 19.2 Å². The molecular formula is C19H17ClN2O5S. The number of hydrogen-bond acceptors (Lipinski definition) is 6. The van der Waals surface area contributed by atoms with Gasteiger partial charge in [-0.05, 0) is 42.0 Å². The number of amides is 1. The molecule has 0 aliphatic carbocycles. The Kier molecular flexibility index (Phi) is 6.43. The highest BCUT2D eigenvalue weighted by Gasteiger charge is 2.30. The molecule has 1 saturated heterocycles. The molecule has 7 nitrogen and oxygen atoms in total. The van der Waals surface area contributed by atoms with E-state index in [0.29, 0.717) is 12.1 Å². The van der Waals surface area contributed by atoms with Crippen molar-refractivity contribution in [2.24, 2.45) is 0 Å². The van der Waals surface area contributed by atoms with E-state index in [1.54, 1.807) is 22.3 Å². The number of nitro groups is 1. The molecule has 1 aromatic carbocycles. The van der Waals surface area contributed by atoms with Crippen LogP contribution in [0.2, 0.25) is 5.02 Å². The fourth-order valence-corrected chi connectivity index (χ4v) is 4.10. The SMILES string of the molecule is O=C(/C=C/c1ccc(Cl)c([N+](=O)[O-])c1)OCC(=O)N1CCCC1c1cccs1. The molecule has 0 spiro atoms. The first kappa shape index (κ1) is 20.0. The average molecular weight is 421 g/mol. The molecule has 0 bridgehead atoms. The normalized spacial score (nSPS) is 16.5. The minimum Gasteiger partial charge on any atom is -0.452 e. The van der Waals surface area contributed by atoms with Gasteiger partial charge in [0.05, 0.1) is 11.0 Å². The maximum Gasteiger partial charge on any atom is 0.331 e. The first-order chi connectivity index (χ1) is 13.5. The zero-order chi connectivity index (χ0) is 20.1. The van der Waals surface area contributed by atoms with Gasteiger partial charge in [0.2, 0.25) is 0 Å². The highest BCUT2D eigenvalue weighted by molar-refractivity contribution is 7.10. The zero-order valence-corrected chi connectivity index (χ0v) is 16.3. The fraction of sp³-hybridized carbons (Fsp3) is 0.263. The number of carbonyl (C=O) groups is 2. The second kappa shape index (κ2) is 8.99. The number of nitro benzene ring substituents is 1. The second-order valence-electron chi connectivity index (χ2n) is 6.17. The fourth-order valence-electron chi connectivity index (χ4n) is 3.04. The number of likely N-dealkylation sites (tertiary alicyclic amines) is 1. The molecule has 1 aliphatic rings. The zero-order valence-electron chi connectivity index (χ0n) is 14.7. The highest BCUT2D eigenvalue weighted by Crippen LogP contribution is 2.34. The van der Waals surface area contributed by atoms with E-state index in [9.17, 15) is 19.7 Å². The first-order valence-corrected chi connectivity index (χ1v) is 9.83. The molecule has 1 unspecified atom stereocenters.